The Balaban J connectivity index is 2.02. The first-order chi connectivity index (χ1) is 12.8. The minimum absolute atomic E-state index is 0.0295. The molecule has 0 aliphatic heterocycles. The average molecular weight is 368 g/mol. The quantitative estimate of drug-likeness (QED) is 0.812. The van der Waals surface area contributed by atoms with Crippen molar-refractivity contribution in [2.45, 2.75) is 39.8 Å². The highest BCUT2D eigenvalue weighted by Crippen LogP contribution is 2.17. The second-order valence-electron chi connectivity index (χ2n) is 7.42. The minimum atomic E-state index is -0.329. The number of ether oxygens (including phenoxy) is 1. The van der Waals surface area contributed by atoms with E-state index in [1.165, 1.54) is 4.90 Å². The van der Waals surface area contributed by atoms with Crippen LogP contribution in [0.1, 0.15) is 43.6 Å². The fraction of sp³-hybridized carbons (Fsp3) is 0.364. The number of carbonyl (C=O) groups is 2. The lowest BCUT2D eigenvalue weighted by Crippen LogP contribution is -2.47. The van der Waals surface area contributed by atoms with Crippen molar-refractivity contribution in [1.82, 2.24) is 10.2 Å². The zero-order valence-electron chi connectivity index (χ0n) is 16.5. The van der Waals surface area contributed by atoms with Gasteiger partial charge in [0.2, 0.25) is 5.91 Å². The summed E-state index contributed by atoms with van der Waals surface area (Å²) in [4.78, 5) is 26.5. The first-order valence-electron chi connectivity index (χ1n) is 9.15. The van der Waals surface area contributed by atoms with Crippen LogP contribution in [0.2, 0.25) is 0 Å². The summed E-state index contributed by atoms with van der Waals surface area (Å²) in [5.74, 6) is 0.265. The first-order valence-corrected chi connectivity index (χ1v) is 9.15. The van der Waals surface area contributed by atoms with Gasteiger partial charge in [0.05, 0.1) is 6.54 Å². The molecule has 0 unspecified atom stereocenters. The maximum atomic E-state index is 12.8. The van der Waals surface area contributed by atoms with E-state index in [0.717, 1.165) is 5.56 Å². The van der Waals surface area contributed by atoms with Crippen LogP contribution in [0.4, 0.5) is 0 Å². The second kappa shape index (κ2) is 9.21. The third-order valence-corrected chi connectivity index (χ3v) is 3.85. The van der Waals surface area contributed by atoms with Crippen molar-refractivity contribution in [3.8, 4) is 5.75 Å². The van der Waals surface area contributed by atoms with Gasteiger partial charge in [0.1, 0.15) is 12.4 Å². The largest absolute Gasteiger partial charge is 0.489 e. The number of amides is 2. The SMILES string of the molecule is CCN(CC(=O)NC(C)(C)C)C(=O)c1cccc(OCc2ccccc2)c1. The molecule has 0 bridgehead atoms. The molecule has 2 rings (SSSR count). The second-order valence-corrected chi connectivity index (χ2v) is 7.42. The Morgan fingerprint density at radius 2 is 1.74 bits per heavy atom. The zero-order chi connectivity index (χ0) is 19.9. The van der Waals surface area contributed by atoms with Crippen LogP contribution in [0.25, 0.3) is 0 Å². The fourth-order valence-corrected chi connectivity index (χ4v) is 2.60. The number of hydrogen-bond acceptors (Lipinski definition) is 3. The van der Waals surface area contributed by atoms with Crippen LogP contribution in [0, 0.1) is 0 Å². The van der Waals surface area contributed by atoms with Crippen LogP contribution in [-0.2, 0) is 11.4 Å². The molecule has 5 nitrogen and oxygen atoms in total. The van der Waals surface area contributed by atoms with Crippen molar-refractivity contribution in [1.29, 1.82) is 0 Å². The molecule has 0 saturated heterocycles. The van der Waals surface area contributed by atoms with E-state index in [1.54, 1.807) is 18.2 Å². The van der Waals surface area contributed by atoms with Crippen LogP contribution in [0.5, 0.6) is 5.75 Å². The van der Waals surface area contributed by atoms with Gasteiger partial charge in [0, 0.05) is 17.6 Å². The van der Waals surface area contributed by atoms with Crippen LogP contribution < -0.4 is 10.1 Å². The van der Waals surface area contributed by atoms with E-state index in [1.807, 2.05) is 64.1 Å². The molecule has 0 saturated carbocycles. The van der Waals surface area contributed by atoms with Crippen molar-refractivity contribution in [2.24, 2.45) is 0 Å². The van der Waals surface area contributed by atoms with Crippen LogP contribution >= 0.6 is 0 Å². The Labute approximate surface area is 161 Å². The van der Waals surface area contributed by atoms with Gasteiger partial charge in [-0.15, -0.1) is 0 Å². The highest BCUT2D eigenvalue weighted by molar-refractivity contribution is 5.96. The van der Waals surface area contributed by atoms with Crippen molar-refractivity contribution in [3.05, 3.63) is 65.7 Å². The normalized spacial score (nSPS) is 11.0. The molecule has 0 heterocycles. The van der Waals surface area contributed by atoms with Gasteiger partial charge < -0.3 is 15.0 Å². The molecule has 2 aromatic rings. The predicted molar refractivity (Wildman–Crippen MR) is 107 cm³/mol. The predicted octanol–water partition coefficient (Wildman–Crippen LogP) is 3.64. The van der Waals surface area contributed by atoms with Gasteiger partial charge >= 0.3 is 0 Å². The van der Waals surface area contributed by atoms with Crippen LogP contribution in [0.15, 0.2) is 54.6 Å². The molecule has 5 heteroatoms. The summed E-state index contributed by atoms with van der Waals surface area (Å²) in [6, 6.07) is 16.9. The summed E-state index contributed by atoms with van der Waals surface area (Å²) in [6.07, 6.45) is 0. The molecule has 0 spiro atoms. The lowest BCUT2D eigenvalue weighted by molar-refractivity contribution is -0.123. The van der Waals surface area contributed by atoms with E-state index in [-0.39, 0.29) is 23.9 Å². The van der Waals surface area contributed by atoms with Crippen molar-refractivity contribution in [2.75, 3.05) is 13.1 Å². The smallest absolute Gasteiger partial charge is 0.254 e. The lowest BCUT2D eigenvalue weighted by atomic mass is 10.1. The van der Waals surface area contributed by atoms with Gasteiger partial charge in [-0.3, -0.25) is 9.59 Å². The Hall–Kier alpha value is -2.82. The van der Waals surface area contributed by atoms with Gasteiger partial charge in [0.25, 0.3) is 5.91 Å². The van der Waals surface area contributed by atoms with Gasteiger partial charge in [-0.2, -0.15) is 0 Å². The zero-order valence-corrected chi connectivity index (χ0v) is 16.5. The topological polar surface area (TPSA) is 58.6 Å². The summed E-state index contributed by atoms with van der Waals surface area (Å²) in [7, 11) is 0. The molecule has 0 aliphatic carbocycles. The maximum Gasteiger partial charge on any atom is 0.254 e. The average Bonchev–Trinajstić information content (AvgIpc) is 2.63. The Bertz CT molecular complexity index is 767. The number of nitrogens with zero attached hydrogens (tertiary/aromatic N) is 1. The summed E-state index contributed by atoms with van der Waals surface area (Å²) < 4.78 is 5.79. The van der Waals surface area contributed by atoms with Crippen LogP contribution in [0.3, 0.4) is 0 Å². The number of likely N-dealkylation sites (N-methyl/N-ethyl adjacent to an activating group) is 1. The number of nitrogens with one attached hydrogen (secondary N) is 1. The number of benzene rings is 2. The summed E-state index contributed by atoms with van der Waals surface area (Å²) >= 11 is 0. The summed E-state index contributed by atoms with van der Waals surface area (Å²) in [5.41, 5.74) is 1.24. The third kappa shape index (κ3) is 6.77. The molecular weight excluding hydrogens is 340 g/mol. The molecule has 0 atom stereocenters. The molecule has 0 fully saturated rings. The molecule has 1 N–H and O–H groups in total. The van der Waals surface area contributed by atoms with Crippen molar-refractivity contribution < 1.29 is 14.3 Å². The van der Waals surface area contributed by atoms with Gasteiger partial charge in [0.15, 0.2) is 0 Å². The number of rotatable bonds is 7. The summed E-state index contributed by atoms with van der Waals surface area (Å²) in [5, 5.41) is 2.88. The maximum absolute atomic E-state index is 12.8. The molecule has 0 radical (unpaired) electrons. The fourth-order valence-electron chi connectivity index (χ4n) is 2.60. The first kappa shape index (κ1) is 20.5. The molecule has 27 heavy (non-hydrogen) atoms. The van der Waals surface area contributed by atoms with E-state index in [0.29, 0.717) is 24.5 Å². The molecule has 0 aromatic heterocycles. The molecule has 144 valence electrons. The number of carbonyl (C=O) groups excluding carboxylic acids is 2. The minimum Gasteiger partial charge on any atom is -0.489 e. The molecule has 2 amide bonds. The molecular formula is C22H28N2O3. The van der Waals surface area contributed by atoms with E-state index in [4.69, 9.17) is 4.74 Å². The molecule has 0 aliphatic rings. The van der Waals surface area contributed by atoms with E-state index in [9.17, 15) is 9.59 Å². The summed E-state index contributed by atoms with van der Waals surface area (Å²) in [6.45, 7) is 8.51. The van der Waals surface area contributed by atoms with E-state index >= 15 is 0 Å². The van der Waals surface area contributed by atoms with Crippen molar-refractivity contribution in [3.63, 3.8) is 0 Å². The van der Waals surface area contributed by atoms with Gasteiger partial charge in [-0.25, -0.2) is 0 Å². The van der Waals surface area contributed by atoms with Crippen LogP contribution in [-0.4, -0.2) is 35.3 Å². The van der Waals surface area contributed by atoms with Gasteiger partial charge in [-0.05, 0) is 51.5 Å². The number of hydrogen-bond donors (Lipinski definition) is 1. The lowest BCUT2D eigenvalue weighted by Gasteiger charge is -2.25. The highest BCUT2D eigenvalue weighted by Gasteiger charge is 2.20. The highest BCUT2D eigenvalue weighted by atomic mass is 16.5. The van der Waals surface area contributed by atoms with Crippen molar-refractivity contribution >= 4 is 11.8 Å². The van der Waals surface area contributed by atoms with E-state index < -0.39 is 0 Å². The standard InChI is InChI=1S/C22H28N2O3/c1-5-24(15-20(25)23-22(2,3)4)21(26)18-12-9-13-19(14-18)27-16-17-10-7-6-8-11-17/h6-14H,5,15-16H2,1-4H3,(H,23,25). The van der Waals surface area contributed by atoms with E-state index in [2.05, 4.69) is 5.32 Å². The molecule has 2 aromatic carbocycles. The monoisotopic (exact) mass is 368 g/mol. The Morgan fingerprint density at radius 1 is 1.04 bits per heavy atom. The Morgan fingerprint density at radius 3 is 2.37 bits per heavy atom. The van der Waals surface area contributed by atoms with Gasteiger partial charge in [-0.1, -0.05) is 36.4 Å². The third-order valence-electron chi connectivity index (χ3n) is 3.85. The Kier molecular flexibility index (Phi) is 6.99.